The number of morpholine rings is 1. The van der Waals surface area contributed by atoms with Gasteiger partial charge in [0.2, 0.25) is 0 Å². The SMILES string of the molecule is CCCCCc1ccc(S(=O)(=O)Nc2ccc(N3CCOCC3)cc2)cc1. The number of hydrogen-bond donors (Lipinski definition) is 1. The molecule has 27 heavy (non-hydrogen) atoms. The Morgan fingerprint density at radius 1 is 0.963 bits per heavy atom. The van der Waals surface area contributed by atoms with Gasteiger partial charge in [-0.05, 0) is 54.8 Å². The number of benzene rings is 2. The quantitative estimate of drug-likeness (QED) is 0.693. The number of hydrogen-bond acceptors (Lipinski definition) is 4. The van der Waals surface area contributed by atoms with Crippen LogP contribution in [0.1, 0.15) is 31.7 Å². The minimum Gasteiger partial charge on any atom is -0.378 e. The van der Waals surface area contributed by atoms with Crippen LogP contribution in [0.2, 0.25) is 0 Å². The van der Waals surface area contributed by atoms with Crippen LogP contribution in [0.3, 0.4) is 0 Å². The summed E-state index contributed by atoms with van der Waals surface area (Å²) in [5.41, 5.74) is 2.83. The molecule has 1 saturated heterocycles. The van der Waals surface area contributed by atoms with Gasteiger partial charge in [-0.1, -0.05) is 31.9 Å². The molecule has 1 heterocycles. The molecule has 0 aromatic heterocycles. The summed E-state index contributed by atoms with van der Waals surface area (Å²) < 4.78 is 33.3. The summed E-state index contributed by atoms with van der Waals surface area (Å²) in [4.78, 5) is 2.53. The Kier molecular flexibility index (Phi) is 6.74. The van der Waals surface area contributed by atoms with E-state index in [4.69, 9.17) is 4.74 Å². The number of nitrogens with one attached hydrogen (secondary N) is 1. The molecular formula is C21H28N2O3S. The average molecular weight is 389 g/mol. The third kappa shape index (κ3) is 5.47. The summed E-state index contributed by atoms with van der Waals surface area (Å²) in [6.45, 7) is 5.34. The summed E-state index contributed by atoms with van der Waals surface area (Å²) in [6.07, 6.45) is 4.50. The van der Waals surface area contributed by atoms with Gasteiger partial charge in [0.25, 0.3) is 10.0 Å². The molecule has 0 unspecified atom stereocenters. The second kappa shape index (κ2) is 9.24. The van der Waals surface area contributed by atoms with Crippen molar-refractivity contribution < 1.29 is 13.2 Å². The Hall–Kier alpha value is -2.05. The third-order valence-corrected chi connectivity index (χ3v) is 6.20. The van der Waals surface area contributed by atoms with Gasteiger partial charge in [-0.3, -0.25) is 4.72 Å². The van der Waals surface area contributed by atoms with E-state index in [0.29, 0.717) is 10.6 Å². The van der Waals surface area contributed by atoms with E-state index < -0.39 is 10.0 Å². The van der Waals surface area contributed by atoms with Gasteiger partial charge in [0.05, 0.1) is 18.1 Å². The molecule has 5 nitrogen and oxygen atoms in total. The molecule has 0 amide bonds. The van der Waals surface area contributed by atoms with Crippen LogP contribution < -0.4 is 9.62 Å². The fourth-order valence-corrected chi connectivity index (χ4v) is 4.25. The van der Waals surface area contributed by atoms with Crippen LogP contribution in [0.5, 0.6) is 0 Å². The van der Waals surface area contributed by atoms with E-state index in [9.17, 15) is 8.42 Å². The Balaban J connectivity index is 1.63. The number of rotatable bonds is 8. The van der Waals surface area contributed by atoms with Gasteiger partial charge in [0.15, 0.2) is 0 Å². The lowest BCUT2D eigenvalue weighted by Crippen LogP contribution is -2.36. The predicted octanol–water partition coefficient (Wildman–Crippen LogP) is 4.06. The zero-order valence-corrected chi connectivity index (χ0v) is 16.7. The van der Waals surface area contributed by atoms with Gasteiger partial charge in [-0.15, -0.1) is 0 Å². The zero-order chi connectivity index (χ0) is 19.1. The normalized spacial score (nSPS) is 14.9. The Bertz CT molecular complexity index is 812. The fourth-order valence-electron chi connectivity index (χ4n) is 3.19. The van der Waals surface area contributed by atoms with Crippen LogP contribution in [-0.4, -0.2) is 34.7 Å². The standard InChI is InChI=1S/C21H28N2O3S/c1-2-3-4-5-18-6-12-21(13-7-18)27(24,25)22-19-8-10-20(11-9-19)23-14-16-26-17-15-23/h6-13,22H,2-5,14-17H2,1H3. The molecule has 2 aromatic rings. The summed E-state index contributed by atoms with van der Waals surface area (Å²) in [5, 5.41) is 0. The zero-order valence-electron chi connectivity index (χ0n) is 15.9. The highest BCUT2D eigenvalue weighted by atomic mass is 32.2. The number of nitrogens with zero attached hydrogens (tertiary/aromatic N) is 1. The van der Waals surface area contributed by atoms with E-state index in [1.165, 1.54) is 18.4 Å². The molecule has 6 heteroatoms. The van der Waals surface area contributed by atoms with Gasteiger partial charge >= 0.3 is 0 Å². The summed E-state index contributed by atoms with van der Waals surface area (Å²) >= 11 is 0. The lowest BCUT2D eigenvalue weighted by molar-refractivity contribution is 0.122. The van der Waals surface area contributed by atoms with Crippen LogP contribution in [0.4, 0.5) is 11.4 Å². The molecular weight excluding hydrogens is 360 g/mol. The molecule has 0 aliphatic carbocycles. The van der Waals surface area contributed by atoms with Gasteiger partial charge in [-0.2, -0.15) is 0 Å². The number of ether oxygens (including phenoxy) is 1. The van der Waals surface area contributed by atoms with Crippen molar-refractivity contribution in [2.45, 2.75) is 37.5 Å². The maximum atomic E-state index is 12.6. The number of sulfonamides is 1. The number of aryl methyl sites for hydroxylation is 1. The Labute approximate surface area is 162 Å². The molecule has 1 N–H and O–H groups in total. The van der Waals surface area contributed by atoms with Crippen molar-refractivity contribution in [2.75, 3.05) is 35.9 Å². The molecule has 0 spiro atoms. The van der Waals surface area contributed by atoms with Crippen molar-refractivity contribution in [2.24, 2.45) is 0 Å². The molecule has 146 valence electrons. The third-order valence-electron chi connectivity index (χ3n) is 4.80. The molecule has 3 rings (SSSR count). The molecule has 1 aliphatic heterocycles. The van der Waals surface area contributed by atoms with Crippen molar-refractivity contribution >= 4 is 21.4 Å². The van der Waals surface area contributed by atoms with E-state index in [0.717, 1.165) is 44.8 Å². The smallest absolute Gasteiger partial charge is 0.261 e. The highest BCUT2D eigenvalue weighted by molar-refractivity contribution is 7.92. The van der Waals surface area contributed by atoms with Gasteiger partial charge in [-0.25, -0.2) is 8.42 Å². The molecule has 0 saturated carbocycles. The molecule has 0 radical (unpaired) electrons. The van der Waals surface area contributed by atoms with E-state index in [1.807, 2.05) is 36.4 Å². The van der Waals surface area contributed by atoms with Gasteiger partial charge in [0, 0.05) is 24.5 Å². The van der Waals surface area contributed by atoms with Crippen molar-refractivity contribution in [1.29, 1.82) is 0 Å². The summed E-state index contributed by atoms with van der Waals surface area (Å²) in [6, 6.07) is 14.7. The first-order valence-electron chi connectivity index (χ1n) is 9.63. The summed E-state index contributed by atoms with van der Waals surface area (Å²) in [5.74, 6) is 0. The lowest BCUT2D eigenvalue weighted by Gasteiger charge is -2.28. The minimum atomic E-state index is -3.58. The maximum absolute atomic E-state index is 12.6. The average Bonchev–Trinajstić information content (AvgIpc) is 2.70. The van der Waals surface area contributed by atoms with Crippen molar-refractivity contribution in [1.82, 2.24) is 0 Å². The highest BCUT2D eigenvalue weighted by Crippen LogP contribution is 2.22. The van der Waals surface area contributed by atoms with Gasteiger partial charge < -0.3 is 9.64 Å². The van der Waals surface area contributed by atoms with Crippen LogP contribution in [0, 0.1) is 0 Å². The molecule has 0 bridgehead atoms. The Morgan fingerprint density at radius 3 is 2.26 bits per heavy atom. The number of anilines is 2. The molecule has 0 atom stereocenters. The first kappa shape index (κ1) is 19.7. The second-order valence-corrected chi connectivity index (χ2v) is 8.54. The van der Waals surface area contributed by atoms with Gasteiger partial charge in [0.1, 0.15) is 0 Å². The first-order valence-corrected chi connectivity index (χ1v) is 11.1. The molecule has 2 aromatic carbocycles. The van der Waals surface area contributed by atoms with Crippen molar-refractivity contribution in [3.05, 3.63) is 54.1 Å². The molecule has 1 fully saturated rings. The maximum Gasteiger partial charge on any atom is 0.261 e. The highest BCUT2D eigenvalue weighted by Gasteiger charge is 2.15. The van der Waals surface area contributed by atoms with Crippen LogP contribution in [0.25, 0.3) is 0 Å². The van der Waals surface area contributed by atoms with Crippen LogP contribution >= 0.6 is 0 Å². The van der Waals surface area contributed by atoms with Crippen LogP contribution in [0.15, 0.2) is 53.4 Å². The number of unbranched alkanes of at least 4 members (excludes halogenated alkanes) is 2. The predicted molar refractivity (Wildman–Crippen MR) is 110 cm³/mol. The largest absolute Gasteiger partial charge is 0.378 e. The van der Waals surface area contributed by atoms with E-state index in [1.54, 1.807) is 12.1 Å². The van der Waals surface area contributed by atoms with Crippen LogP contribution in [-0.2, 0) is 21.2 Å². The monoisotopic (exact) mass is 388 g/mol. The van der Waals surface area contributed by atoms with E-state index >= 15 is 0 Å². The topological polar surface area (TPSA) is 58.6 Å². The second-order valence-electron chi connectivity index (χ2n) is 6.85. The van der Waals surface area contributed by atoms with Crippen molar-refractivity contribution in [3.8, 4) is 0 Å². The minimum absolute atomic E-state index is 0.291. The van der Waals surface area contributed by atoms with E-state index in [-0.39, 0.29) is 0 Å². The first-order chi connectivity index (χ1) is 13.1. The van der Waals surface area contributed by atoms with E-state index in [2.05, 4.69) is 16.5 Å². The fraction of sp³-hybridized carbons (Fsp3) is 0.429. The Morgan fingerprint density at radius 2 is 1.63 bits per heavy atom. The lowest BCUT2D eigenvalue weighted by atomic mass is 10.1. The summed E-state index contributed by atoms with van der Waals surface area (Å²) in [7, 11) is -3.58. The van der Waals surface area contributed by atoms with Crippen molar-refractivity contribution in [3.63, 3.8) is 0 Å². The molecule has 1 aliphatic rings.